The number of morpholine rings is 1. The van der Waals surface area contributed by atoms with Crippen molar-refractivity contribution in [2.24, 2.45) is 0 Å². The van der Waals surface area contributed by atoms with Crippen molar-refractivity contribution in [1.29, 1.82) is 0 Å². The molecule has 1 aromatic rings. The second-order valence-electron chi connectivity index (χ2n) is 4.19. The van der Waals surface area contributed by atoms with Gasteiger partial charge < -0.3 is 4.74 Å². The van der Waals surface area contributed by atoms with Gasteiger partial charge in [-0.3, -0.25) is 4.84 Å². The summed E-state index contributed by atoms with van der Waals surface area (Å²) >= 11 is 5.70. The maximum atomic E-state index is 11.1. The minimum Gasteiger partial charge on any atom is -0.369 e. The maximum Gasteiger partial charge on any atom is 0.153 e. The van der Waals surface area contributed by atoms with Gasteiger partial charge in [-0.25, -0.2) is 9.86 Å². The van der Waals surface area contributed by atoms with Gasteiger partial charge in [-0.15, -0.1) is 11.6 Å². The smallest absolute Gasteiger partial charge is 0.153 e. The van der Waals surface area contributed by atoms with E-state index in [1.54, 1.807) is 5.06 Å². The predicted molar refractivity (Wildman–Crippen MR) is 72.2 cm³/mol. The summed E-state index contributed by atoms with van der Waals surface area (Å²) in [5.41, 5.74) is 1.44. The van der Waals surface area contributed by atoms with E-state index in [1.807, 2.05) is 36.3 Å². The van der Waals surface area contributed by atoms with Gasteiger partial charge in [0.05, 0.1) is 19.8 Å². The number of alkyl halides is 1. The molecule has 0 N–H and O–H groups in total. The van der Waals surface area contributed by atoms with Gasteiger partial charge in [0.1, 0.15) is 6.10 Å². The van der Waals surface area contributed by atoms with Gasteiger partial charge >= 0.3 is 0 Å². The van der Waals surface area contributed by atoms with Crippen molar-refractivity contribution < 1.29 is 14.4 Å². The molecule has 5 heteroatoms. The summed E-state index contributed by atoms with van der Waals surface area (Å²) in [5.74, 6) is 2.34. The molecule has 1 unspecified atom stereocenters. The zero-order chi connectivity index (χ0) is 13.5. The zero-order valence-electron chi connectivity index (χ0n) is 10.5. The third-order valence-corrected chi connectivity index (χ3v) is 3.11. The summed E-state index contributed by atoms with van der Waals surface area (Å²) in [6.45, 7) is 1.46. The minimum atomic E-state index is -0.320. The van der Waals surface area contributed by atoms with E-state index < -0.39 is 0 Å². The SMILES string of the molecule is O=C=C1C(CCCl)OCCN1OCc1ccccc1. The number of carbonyl (C=O) groups excluding carboxylic acids is 1. The van der Waals surface area contributed by atoms with Gasteiger partial charge in [0, 0.05) is 5.88 Å². The number of ether oxygens (including phenoxy) is 1. The highest BCUT2D eigenvalue weighted by molar-refractivity contribution is 6.17. The number of hydrogen-bond acceptors (Lipinski definition) is 4. The molecule has 0 amide bonds. The molecular formula is C14H16ClNO3. The minimum absolute atomic E-state index is 0.320. The first-order valence-corrected chi connectivity index (χ1v) is 6.75. The van der Waals surface area contributed by atoms with Crippen LogP contribution in [0.15, 0.2) is 36.0 Å². The number of hydroxylamine groups is 2. The van der Waals surface area contributed by atoms with Gasteiger partial charge in [-0.05, 0) is 12.0 Å². The molecule has 102 valence electrons. The Bertz CT molecular complexity index is 443. The van der Waals surface area contributed by atoms with Gasteiger partial charge in [0.25, 0.3) is 0 Å². The predicted octanol–water partition coefficient (Wildman–Crippen LogP) is 2.16. The van der Waals surface area contributed by atoms with Crippen LogP contribution in [-0.4, -0.2) is 36.1 Å². The number of halogens is 1. The van der Waals surface area contributed by atoms with E-state index in [0.29, 0.717) is 37.8 Å². The van der Waals surface area contributed by atoms with Crippen molar-refractivity contribution in [3.8, 4) is 0 Å². The van der Waals surface area contributed by atoms with Crippen LogP contribution in [0.4, 0.5) is 0 Å². The summed E-state index contributed by atoms with van der Waals surface area (Å²) < 4.78 is 5.50. The fourth-order valence-electron chi connectivity index (χ4n) is 1.93. The lowest BCUT2D eigenvalue weighted by Crippen LogP contribution is -2.40. The number of nitrogens with zero attached hydrogens (tertiary/aromatic N) is 1. The summed E-state index contributed by atoms with van der Waals surface area (Å²) in [6.07, 6.45) is 0.261. The average Bonchev–Trinajstić information content (AvgIpc) is 2.46. The third kappa shape index (κ3) is 3.82. The third-order valence-electron chi connectivity index (χ3n) is 2.89. The lowest BCUT2D eigenvalue weighted by atomic mass is 10.2. The molecule has 19 heavy (non-hydrogen) atoms. The maximum absolute atomic E-state index is 11.1. The Hall–Kier alpha value is -1.32. The molecule has 0 saturated carbocycles. The molecule has 1 aliphatic rings. The molecule has 0 radical (unpaired) electrons. The van der Waals surface area contributed by atoms with Crippen molar-refractivity contribution >= 4 is 17.5 Å². The highest BCUT2D eigenvalue weighted by atomic mass is 35.5. The molecule has 1 aliphatic heterocycles. The fourth-order valence-corrected chi connectivity index (χ4v) is 2.13. The monoisotopic (exact) mass is 281 g/mol. The first-order valence-electron chi connectivity index (χ1n) is 6.22. The van der Waals surface area contributed by atoms with Crippen molar-refractivity contribution in [3.63, 3.8) is 0 Å². The topological polar surface area (TPSA) is 38.8 Å². The Labute approximate surface area is 117 Å². The number of rotatable bonds is 5. The Morgan fingerprint density at radius 3 is 2.89 bits per heavy atom. The van der Waals surface area contributed by atoms with Gasteiger partial charge in [-0.1, -0.05) is 30.3 Å². The van der Waals surface area contributed by atoms with Crippen molar-refractivity contribution in [1.82, 2.24) is 5.06 Å². The Morgan fingerprint density at radius 1 is 1.42 bits per heavy atom. The molecule has 1 fully saturated rings. The summed E-state index contributed by atoms with van der Waals surface area (Å²) in [5, 5.41) is 1.57. The van der Waals surface area contributed by atoms with E-state index >= 15 is 0 Å². The second-order valence-corrected chi connectivity index (χ2v) is 4.56. The van der Waals surface area contributed by atoms with Crippen LogP contribution in [0.3, 0.4) is 0 Å². The van der Waals surface area contributed by atoms with Gasteiger partial charge in [-0.2, -0.15) is 0 Å². The molecule has 0 bridgehead atoms. The highest BCUT2D eigenvalue weighted by Gasteiger charge is 2.27. The van der Waals surface area contributed by atoms with Crippen LogP contribution >= 0.6 is 11.6 Å². The van der Waals surface area contributed by atoms with Crippen molar-refractivity contribution in [2.45, 2.75) is 19.1 Å². The van der Waals surface area contributed by atoms with E-state index in [9.17, 15) is 4.79 Å². The summed E-state index contributed by atoms with van der Waals surface area (Å²) in [4.78, 5) is 16.7. The average molecular weight is 282 g/mol. The van der Waals surface area contributed by atoms with E-state index in [4.69, 9.17) is 21.2 Å². The van der Waals surface area contributed by atoms with Crippen LogP contribution in [0.25, 0.3) is 0 Å². The summed E-state index contributed by atoms with van der Waals surface area (Å²) in [6, 6.07) is 9.79. The Morgan fingerprint density at radius 2 is 2.21 bits per heavy atom. The standard InChI is InChI=1S/C14H16ClNO3/c15-7-6-14-13(10-17)16(8-9-18-14)19-11-12-4-2-1-3-5-12/h1-5,14H,6-9,11H2. The fraction of sp³-hybridized carbons (Fsp3) is 0.429. The normalized spacial score (nSPS) is 19.3. The van der Waals surface area contributed by atoms with Crippen LogP contribution in [0.5, 0.6) is 0 Å². The van der Waals surface area contributed by atoms with Gasteiger partial charge in [0.2, 0.25) is 0 Å². The van der Waals surface area contributed by atoms with Crippen LogP contribution in [0.1, 0.15) is 12.0 Å². The Kier molecular flexibility index (Phi) is 5.43. The first kappa shape index (κ1) is 14.1. The lowest BCUT2D eigenvalue weighted by molar-refractivity contribution is -0.186. The summed E-state index contributed by atoms with van der Waals surface area (Å²) in [7, 11) is 0. The first-order chi connectivity index (χ1) is 9.35. The molecule has 1 saturated heterocycles. The lowest BCUT2D eigenvalue weighted by Gasteiger charge is -2.33. The van der Waals surface area contributed by atoms with E-state index in [-0.39, 0.29) is 6.10 Å². The number of benzene rings is 1. The Balaban J connectivity index is 1.97. The zero-order valence-corrected chi connectivity index (χ0v) is 11.3. The second kappa shape index (κ2) is 7.31. The molecule has 0 spiro atoms. The largest absolute Gasteiger partial charge is 0.369 e. The highest BCUT2D eigenvalue weighted by Crippen LogP contribution is 2.20. The molecule has 1 atom stereocenters. The molecule has 1 aromatic carbocycles. The molecular weight excluding hydrogens is 266 g/mol. The van der Waals surface area contributed by atoms with Gasteiger partial charge in [0.15, 0.2) is 11.6 Å². The quantitative estimate of drug-likeness (QED) is 0.612. The van der Waals surface area contributed by atoms with Crippen LogP contribution < -0.4 is 0 Å². The molecule has 0 aliphatic carbocycles. The van der Waals surface area contributed by atoms with Crippen LogP contribution in [0.2, 0.25) is 0 Å². The molecule has 2 rings (SSSR count). The number of hydrogen-bond donors (Lipinski definition) is 0. The van der Waals surface area contributed by atoms with Crippen LogP contribution in [0, 0.1) is 0 Å². The van der Waals surface area contributed by atoms with E-state index in [1.165, 1.54) is 0 Å². The van der Waals surface area contributed by atoms with E-state index in [2.05, 4.69) is 0 Å². The van der Waals surface area contributed by atoms with Crippen LogP contribution in [-0.2, 0) is 21.0 Å². The molecule has 0 aromatic heterocycles. The molecule has 1 heterocycles. The van der Waals surface area contributed by atoms with Crippen molar-refractivity contribution in [2.75, 3.05) is 19.0 Å². The molecule has 4 nitrogen and oxygen atoms in total. The van der Waals surface area contributed by atoms with E-state index in [0.717, 1.165) is 5.56 Å². The van der Waals surface area contributed by atoms with Crippen molar-refractivity contribution in [3.05, 3.63) is 41.6 Å².